The highest BCUT2D eigenvalue weighted by Gasteiger charge is 2.09. The average Bonchev–Trinajstić information content (AvgIpc) is 2.63. The lowest BCUT2D eigenvalue weighted by Crippen LogP contribution is -2.12. The van der Waals surface area contributed by atoms with Crippen molar-refractivity contribution in [1.29, 1.82) is 0 Å². The first-order valence-corrected chi connectivity index (χ1v) is 8.82. The molecular weight excluding hydrogens is 402 g/mol. The topological polar surface area (TPSA) is 38.3 Å². The summed E-state index contributed by atoms with van der Waals surface area (Å²) >= 11 is 9.46. The van der Waals surface area contributed by atoms with Crippen molar-refractivity contribution in [2.75, 3.05) is 5.32 Å². The van der Waals surface area contributed by atoms with E-state index < -0.39 is 0 Å². The van der Waals surface area contributed by atoms with Crippen molar-refractivity contribution in [3.8, 4) is 5.75 Å². The molecule has 0 saturated carbocycles. The third-order valence-electron chi connectivity index (χ3n) is 3.54. The fourth-order valence-corrected chi connectivity index (χ4v) is 2.94. The second-order valence-electron chi connectivity index (χ2n) is 5.38. The zero-order valence-corrected chi connectivity index (χ0v) is 15.5. The summed E-state index contributed by atoms with van der Waals surface area (Å²) < 4.78 is 6.55. The smallest absolute Gasteiger partial charge is 0.255 e. The van der Waals surface area contributed by atoms with Gasteiger partial charge in [0.2, 0.25) is 0 Å². The van der Waals surface area contributed by atoms with Crippen LogP contribution in [-0.2, 0) is 6.61 Å². The van der Waals surface area contributed by atoms with Crippen molar-refractivity contribution in [3.63, 3.8) is 0 Å². The van der Waals surface area contributed by atoms with Crippen molar-refractivity contribution < 1.29 is 9.53 Å². The molecule has 3 aromatic carbocycles. The maximum absolute atomic E-state index is 12.3. The van der Waals surface area contributed by atoms with Crippen LogP contribution >= 0.6 is 27.5 Å². The van der Waals surface area contributed by atoms with Gasteiger partial charge in [0.05, 0.1) is 10.7 Å². The normalized spacial score (nSPS) is 10.3. The highest BCUT2D eigenvalue weighted by molar-refractivity contribution is 9.10. The number of benzene rings is 3. The predicted octanol–water partition coefficient (Wildman–Crippen LogP) is 5.93. The molecule has 126 valence electrons. The van der Waals surface area contributed by atoms with Crippen LogP contribution in [0.4, 0.5) is 5.69 Å². The van der Waals surface area contributed by atoms with Gasteiger partial charge in [-0.3, -0.25) is 4.79 Å². The van der Waals surface area contributed by atoms with Crippen molar-refractivity contribution in [2.24, 2.45) is 0 Å². The summed E-state index contributed by atoms with van der Waals surface area (Å²) in [5.74, 6) is 0.606. The third kappa shape index (κ3) is 4.84. The molecule has 0 spiro atoms. The zero-order valence-electron chi connectivity index (χ0n) is 13.2. The van der Waals surface area contributed by atoms with Crippen LogP contribution in [0.3, 0.4) is 0 Å². The number of nitrogens with one attached hydrogen (secondary N) is 1. The molecule has 0 atom stereocenters. The van der Waals surface area contributed by atoms with Crippen LogP contribution in [0, 0.1) is 0 Å². The number of amides is 1. The number of anilines is 1. The molecule has 3 aromatic rings. The summed E-state index contributed by atoms with van der Waals surface area (Å²) in [5.41, 5.74) is 2.12. The molecule has 0 radical (unpaired) electrons. The monoisotopic (exact) mass is 415 g/mol. The highest BCUT2D eigenvalue weighted by atomic mass is 79.9. The number of carbonyl (C=O) groups excluding carboxylic acids is 1. The van der Waals surface area contributed by atoms with Gasteiger partial charge in [-0.1, -0.05) is 57.9 Å². The Morgan fingerprint density at radius 1 is 1.00 bits per heavy atom. The van der Waals surface area contributed by atoms with E-state index in [2.05, 4.69) is 21.2 Å². The number of para-hydroxylation sites is 1. The van der Waals surface area contributed by atoms with Crippen LogP contribution in [0.15, 0.2) is 77.3 Å². The van der Waals surface area contributed by atoms with E-state index in [9.17, 15) is 4.79 Å². The van der Waals surface area contributed by atoms with E-state index in [4.69, 9.17) is 16.3 Å². The van der Waals surface area contributed by atoms with Crippen molar-refractivity contribution in [1.82, 2.24) is 0 Å². The van der Waals surface area contributed by atoms with Gasteiger partial charge < -0.3 is 10.1 Å². The standard InChI is InChI=1S/C20H15BrClNO2/c21-16-10-11-19(18(22)12-16)23-20(24)15-8-6-14(7-9-15)13-25-17-4-2-1-3-5-17/h1-12H,13H2,(H,23,24). The Labute approximate surface area is 159 Å². The largest absolute Gasteiger partial charge is 0.489 e. The molecule has 0 aliphatic heterocycles. The highest BCUT2D eigenvalue weighted by Crippen LogP contribution is 2.26. The molecule has 0 heterocycles. The van der Waals surface area contributed by atoms with E-state index in [1.807, 2.05) is 48.5 Å². The quantitative estimate of drug-likeness (QED) is 0.559. The van der Waals surface area contributed by atoms with Crippen LogP contribution in [0.2, 0.25) is 5.02 Å². The van der Waals surface area contributed by atoms with E-state index in [1.165, 1.54) is 0 Å². The van der Waals surface area contributed by atoms with Gasteiger partial charge in [-0.15, -0.1) is 0 Å². The van der Waals surface area contributed by atoms with Crippen molar-refractivity contribution >= 4 is 39.1 Å². The fraction of sp³-hybridized carbons (Fsp3) is 0.0500. The predicted molar refractivity (Wildman–Crippen MR) is 104 cm³/mol. The van der Waals surface area contributed by atoms with Gasteiger partial charge in [-0.25, -0.2) is 0 Å². The molecule has 1 amide bonds. The number of carbonyl (C=O) groups is 1. The molecular formula is C20H15BrClNO2. The van der Waals surface area contributed by atoms with Crippen LogP contribution in [0.5, 0.6) is 5.75 Å². The Morgan fingerprint density at radius 3 is 2.40 bits per heavy atom. The Bertz CT molecular complexity index is 867. The van der Waals surface area contributed by atoms with E-state index >= 15 is 0 Å². The fourth-order valence-electron chi connectivity index (χ4n) is 2.22. The van der Waals surface area contributed by atoms with Gasteiger partial charge >= 0.3 is 0 Å². The maximum Gasteiger partial charge on any atom is 0.255 e. The van der Waals surface area contributed by atoms with E-state index in [0.29, 0.717) is 22.9 Å². The average molecular weight is 417 g/mol. The second kappa shape index (κ2) is 8.19. The minimum atomic E-state index is -0.209. The summed E-state index contributed by atoms with van der Waals surface area (Å²) in [6, 6.07) is 22.2. The van der Waals surface area contributed by atoms with Crippen molar-refractivity contribution in [2.45, 2.75) is 6.61 Å². The summed E-state index contributed by atoms with van der Waals surface area (Å²) in [7, 11) is 0. The number of ether oxygens (including phenoxy) is 1. The summed E-state index contributed by atoms with van der Waals surface area (Å²) in [6.45, 7) is 0.449. The Balaban J connectivity index is 1.62. The lowest BCUT2D eigenvalue weighted by atomic mass is 10.1. The number of halogens is 2. The van der Waals surface area contributed by atoms with Gasteiger partial charge in [0.25, 0.3) is 5.91 Å². The summed E-state index contributed by atoms with van der Waals surface area (Å²) in [6.07, 6.45) is 0. The van der Waals surface area contributed by atoms with Crippen LogP contribution in [-0.4, -0.2) is 5.91 Å². The van der Waals surface area contributed by atoms with Crippen molar-refractivity contribution in [3.05, 3.63) is 93.4 Å². The van der Waals surface area contributed by atoms with Crippen LogP contribution < -0.4 is 10.1 Å². The molecule has 0 unspecified atom stereocenters. The molecule has 0 bridgehead atoms. The maximum atomic E-state index is 12.3. The Morgan fingerprint density at radius 2 is 1.72 bits per heavy atom. The molecule has 3 nitrogen and oxygen atoms in total. The van der Waals surface area contributed by atoms with Crippen LogP contribution in [0.25, 0.3) is 0 Å². The number of hydrogen-bond donors (Lipinski definition) is 1. The second-order valence-corrected chi connectivity index (χ2v) is 6.70. The van der Waals surface area contributed by atoms with Gasteiger partial charge in [0.15, 0.2) is 0 Å². The molecule has 0 aliphatic rings. The molecule has 0 aromatic heterocycles. The van der Waals surface area contributed by atoms with E-state index in [-0.39, 0.29) is 5.91 Å². The molecule has 0 fully saturated rings. The minimum Gasteiger partial charge on any atom is -0.489 e. The molecule has 3 rings (SSSR count). The molecule has 25 heavy (non-hydrogen) atoms. The molecule has 5 heteroatoms. The van der Waals surface area contributed by atoms with Gasteiger partial charge in [0, 0.05) is 10.0 Å². The zero-order chi connectivity index (χ0) is 17.6. The van der Waals surface area contributed by atoms with E-state index in [0.717, 1.165) is 15.8 Å². The summed E-state index contributed by atoms with van der Waals surface area (Å²) in [5, 5.41) is 3.29. The van der Waals surface area contributed by atoms with Gasteiger partial charge in [0.1, 0.15) is 12.4 Å². The van der Waals surface area contributed by atoms with E-state index in [1.54, 1.807) is 24.3 Å². The lowest BCUT2D eigenvalue weighted by molar-refractivity contribution is 0.102. The lowest BCUT2D eigenvalue weighted by Gasteiger charge is -2.09. The number of rotatable bonds is 5. The first kappa shape index (κ1) is 17.5. The first-order valence-electron chi connectivity index (χ1n) is 7.65. The molecule has 0 aliphatic carbocycles. The SMILES string of the molecule is O=C(Nc1ccc(Br)cc1Cl)c1ccc(COc2ccccc2)cc1. The third-order valence-corrected chi connectivity index (χ3v) is 4.35. The number of hydrogen-bond acceptors (Lipinski definition) is 2. The summed E-state index contributed by atoms with van der Waals surface area (Å²) in [4.78, 5) is 12.3. The first-order chi connectivity index (χ1) is 12.1. The van der Waals surface area contributed by atoms with Gasteiger partial charge in [-0.05, 0) is 48.0 Å². The Kier molecular flexibility index (Phi) is 5.74. The Hall–Kier alpha value is -2.30. The molecule has 0 saturated heterocycles. The van der Waals surface area contributed by atoms with Gasteiger partial charge in [-0.2, -0.15) is 0 Å². The van der Waals surface area contributed by atoms with Crippen LogP contribution in [0.1, 0.15) is 15.9 Å². The minimum absolute atomic E-state index is 0.209. The molecule has 1 N–H and O–H groups in total.